The average Bonchev–Trinajstić information content (AvgIpc) is 2.72. The summed E-state index contributed by atoms with van der Waals surface area (Å²) in [5, 5.41) is 8.99. The van der Waals surface area contributed by atoms with Crippen LogP contribution < -0.4 is 0 Å². The second-order valence-electron chi connectivity index (χ2n) is 3.83. The number of aryl methyl sites for hydroxylation is 1. The molecule has 7 heteroatoms. The molecule has 1 N–H and O–H groups in total. The third-order valence-corrected chi connectivity index (χ3v) is 4.44. The third-order valence-electron chi connectivity index (χ3n) is 2.44. The highest BCUT2D eigenvalue weighted by molar-refractivity contribution is 7.53. The summed E-state index contributed by atoms with van der Waals surface area (Å²) >= 11 is 0. The van der Waals surface area contributed by atoms with Crippen LogP contribution in [0.5, 0.6) is 0 Å². The second kappa shape index (κ2) is 6.89. The van der Waals surface area contributed by atoms with Crippen molar-refractivity contribution in [3.63, 3.8) is 0 Å². The fourth-order valence-corrected chi connectivity index (χ4v) is 3.30. The minimum Gasteiger partial charge on any atom is -0.475 e. The number of furan rings is 1. The minimum atomic E-state index is -3.28. The van der Waals surface area contributed by atoms with Gasteiger partial charge in [-0.25, -0.2) is 4.79 Å². The van der Waals surface area contributed by atoms with Crippen molar-refractivity contribution in [1.29, 1.82) is 0 Å². The van der Waals surface area contributed by atoms with Gasteiger partial charge in [0.2, 0.25) is 5.76 Å². The van der Waals surface area contributed by atoms with E-state index in [1.54, 1.807) is 19.9 Å². The number of carbonyl (C=O) groups is 1. The molecule has 1 aromatic rings. The van der Waals surface area contributed by atoms with E-state index in [0.29, 0.717) is 17.7 Å². The van der Waals surface area contributed by atoms with Crippen LogP contribution >= 0.6 is 7.60 Å². The maximum atomic E-state index is 12.3. The molecule has 0 unspecified atom stereocenters. The SMILES string of the molecule is CCOP(=O)(Cc1cc(CC)c(C(=O)O)o1)OCC. The molecule has 0 aliphatic carbocycles. The van der Waals surface area contributed by atoms with Gasteiger partial charge in [0.25, 0.3) is 0 Å². The molecule has 0 saturated heterocycles. The first kappa shape index (κ1) is 16.0. The Kier molecular flexibility index (Phi) is 5.79. The molecule has 1 aromatic heterocycles. The van der Waals surface area contributed by atoms with Crippen LogP contribution in [0, 0.1) is 0 Å². The van der Waals surface area contributed by atoms with Crippen LogP contribution in [0.2, 0.25) is 0 Å². The number of carboxylic acids is 1. The summed E-state index contributed by atoms with van der Waals surface area (Å²) in [6.07, 6.45) is 0.466. The van der Waals surface area contributed by atoms with Gasteiger partial charge in [0, 0.05) is 5.56 Å². The minimum absolute atomic E-state index is 0.0606. The Morgan fingerprint density at radius 3 is 2.26 bits per heavy atom. The Bertz CT molecular complexity index is 469. The summed E-state index contributed by atoms with van der Waals surface area (Å²) in [6.45, 7) is 5.77. The van der Waals surface area contributed by atoms with Crippen molar-refractivity contribution < 1.29 is 27.9 Å². The summed E-state index contributed by atoms with van der Waals surface area (Å²) in [5.74, 6) is -0.942. The first-order valence-electron chi connectivity index (χ1n) is 6.18. The highest BCUT2D eigenvalue weighted by Crippen LogP contribution is 2.51. The number of hydrogen-bond donors (Lipinski definition) is 1. The van der Waals surface area contributed by atoms with E-state index in [1.807, 2.05) is 6.92 Å². The molecule has 1 rings (SSSR count). The standard InChI is InChI=1S/C12H19O6P/c1-4-9-7-10(18-11(9)12(13)14)8-19(15,16-5-2)17-6-3/h7H,4-6,8H2,1-3H3,(H,13,14). The van der Waals surface area contributed by atoms with Crippen LogP contribution in [0.15, 0.2) is 10.5 Å². The van der Waals surface area contributed by atoms with Gasteiger partial charge in [0.05, 0.1) is 13.2 Å². The predicted octanol–water partition coefficient (Wildman–Crippen LogP) is 3.31. The van der Waals surface area contributed by atoms with E-state index in [9.17, 15) is 9.36 Å². The van der Waals surface area contributed by atoms with E-state index in [1.165, 1.54) is 0 Å². The average molecular weight is 290 g/mol. The van der Waals surface area contributed by atoms with Gasteiger partial charge in [0.1, 0.15) is 11.9 Å². The molecular weight excluding hydrogens is 271 g/mol. The van der Waals surface area contributed by atoms with E-state index in [4.69, 9.17) is 18.6 Å². The van der Waals surface area contributed by atoms with E-state index in [0.717, 1.165) is 0 Å². The highest BCUT2D eigenvalue weighted by atomic mass is 31.2. The van der Waals surface area contributed by atoms with Crippen LogP contribution in [0.1, 0.15) is 42.6 Å². The lowest BCUT2D eigenvalue weighted by Crippen LogP contribution is -1.98. The van der Waals surface area contributed by atoms with Crippen LogP contribution in [0.25, 0.3) is 0 Å². The van der Waals surface area contributed by atoms with Gasteiger partial charge in [-0.1, -0.05) is 6.92 Å². The zero-order valence-electron chi connectivity index (χ0n) is 11.3. The van der Waals surface area contributed by atoms with Gasteiger partial charge >= 0.3 is 13.6 Å². The van der Waals surface area contributed by atoms with Gasteiger partial charge in [-0.3, -0.25) is 4.57 Å². The van der Waals surface area contributed by atoms with Crippen LogP contribution in [-0.2, 0) is 26.2 Å². The second-order valence-corrected chi connectivity index (χ2v) is 5.88. The summed E-state index contributed by atoms with van der Waals surface area (Å²) in [5.41, 5.74) is 0.571. The maximum absolute atomic E-state index is 12.3. The van der Waals surface area contributed by atoms with Crippen molar-refractivity contribution in [2.75, 3.05) is 13.2 Å². The molecule has 0 fully saturated rings. The van der Waals surface area contributed by atoms with Crippen LogP contribution in [0.4, 0.5) is 0 Å². The van der Waals surface area contributed by atoms with Gasteiger partial charge in [-0.2, -0.15) is 0 Å². The lowest BCUT2D eigenvalue weighted by Gasteiger charge is -2.15. The molecule has 0 amide bonds. The van der Waals surface area contributed by atoms with Crippen molar-refractivity contribution in [2.45, 2.75) is 33.4 Å². The zero-order valence-corrected chi connectivity index (χ0v) is 12.2. The summed E-state index contributed by atoms with van der Waals surface area (Å²) in [6, 6.07) is 1.59. The largest absolute Gasteiger partial charge is 0.475 e. The summed E-state index contributed by atoms with van der Waals surface area (Å²) in [4.78, 5) is 11.0. The Hall–Kier alpha value is -1.10. The van der Waals surface area contributed by atoms with Gasteiger partial charge < -0.3 is 18.6 Å². The zero-order chi connectivity index (χ0) is 14.5. The molecule has 1 heterocycles. The molecule has 0 bridgehead atoms. The summed E-state index contributed by atoms with van der Waals surface area (Å²) in [7, 11) is -3.28. The smallest absolute Gasteiger partial charge is 0.372 e. The molecule has 108 valence electrons. The van der Waals surface area contributed by atoms with Crippen LogP contribution in [-0.4, -0.2) is 24.3 Å². The van der Waals surface area contributed by atoms with Crippen molar-refractivity contribution >= 4 is 13.6 Å². The Labute approximate surface area is 112 Å². The predicted molar refractivity (Wildman–Crippen MR) is 69.6 cm³/mol. The lowest BCUT2D eigenvalue weighted by atomic mass is 10.2. The molecule has 0 saturated carbocycles. The van der Waals surface area contributed by atoms with E-state index in [2.05, 4.69) is 0 Å². The number of carboxylic acid groups (broad SMARTS) is 1. The quantitative estimate of drug-likeness (QED) is 0.739. The van der Waals surface area contributed by atoms with Gasteiger partial charge in [0.15, 0.2) is 0 Å². The monoisotopic (exact) mass is 290 g/mol. The Morgan fingerprint density at radius 2 is 1.89 bits per heavy atom. The van der Waals surface area contributed by atoms with Crippen molar-refractivity contribution in [2.24, 2.45) is 0 Å². The molecule has 6 nitrogen and oxygen atoms in total. The van der Waals surface area contributed by atoms with Gasteiger partial charge in [-0.05, 0) is 26.3 Å². The summed E-state index contributed by atoms with van der Waals surface area (Å²) < 4.78 is 27.8. The first-order valence-corrected chi connectivity index (χ1v) is 7.91. The van der Waals surface area contributed by atoms with E-state index < -0.39 is 13.6 Å². The van der Waals surface area contributed by atoms with E-state index in [-0.39, 0.29) is 25.1 Å². The third kappa shape index (κ3) is 4.20. The molecule has 0 spiro atoms. The number of rotatable bonds is 8. The van der Waals surface area contributed by atoms with Crippen molar-refractivity contribution in [3.8, 4) is 0 Å². The normalized spacial score (nSPS) is 11.7. The Balaban J connectivity index is 2.97. The van der Waals surface area contributed by atoms with Gasteiger partial charge in [-0.15, -0.1) is 0 Å². The molecule has 0 atom stereocenters. The molecular formula is C12H19O6P. The van der Waals surface area contributed by atoms with Crippen molar-refractivity contribution in [1.82, 2.24) is 0 Å². The lowest BCUT2D eigenvalue weighted by molar-refractivity contribution is 0.0658. The number of hydrogen-bond acceptors (Lipinski definition) is 5. The number of aromatic carboxylic acids is 1. The first-order chi connectivity index (χ1) is 8.95. The molecule has 19 heavy (non-hydrogen) atoms. The molecule has 0 aromatic carbocycles. The van der Waals surface area contributed by atoms with E-state index >= 15 is 0 Å². The molecule has 0 aliphatic heterocycles. The Morgan fingerprint density at radius 1 is 1.32 bits per heavy atom. The highest BCUT2D eigenvalue weighted by Gasteiger charge is 2.27. The maximum Gasteiger partial charge on any atom is 0.372 e. The fraction of sp³-hybridized carbons (Fsp3) is 0.583. The molecule has 0 radical (unpaired) electrons. The van der Waals surface area contributed by atoms with Crippen LogP contribution in [0.3, 0.4) is 0 Å². The van der Waals surface area contributed by atoms with Crippen molar-refractivity contribution in [3.05, 3.63) is 23.2 Å². The molecule has 0 aliphatic rings. The fourth-order valence-electron chi connectivity index (χ4n) is 1.72. The topological polar surface area (TPSA) is 86.0 Å².